The number of rotatable bonds is 12. The first kappa shape index (κ1) is 81.0. The van der Waals surface area contributed by atoms with Crippen molar-refractivity contribution in [3.05, 3.63) is 473 Å². The maximum atomic E-state index is 2.49. The fourth-order valence-corrected chi connectivity index (χ4v) is 31.6. The molecule has 0 aliphatic heterocycles. The van der Waals surface area contributed by atoms with E-state index < -0.39 is 0 Å². The van der Waals surface area contributed by atoms with Crippen LogP contribution in [-0.4, -0.2) is 57.2 Å². The molecule has 30 aromatic rings. The number of thiophene rings is 3. The second-order valence-corrected chi connectivity index (χ2v) is 45.4. The molecule has 0 radical (unpaired) electrons. The van der Waals surface area contributed by atoms with E-state index in [2.05, 4.69) is 502 Å². The van der Waals surface area contributed by atoms with E-state index in [9.17, 15) is 0 Å². The van der Waals surface area contributed by atoms with Gasteiger partial charge in [0.2, 0.25) is 0 Å². The zero-order valence-electron chi connectivity index (χ0n) is 74.2. The van der Waals surface area contributed by atoms with Crippen molar-refractivity contribution in [3.8, 4) is 17.1 Å². The third kappa shape index (κ3) is 13.5. The van der Waals surface area contributed by atoms with Crippen LogP contribution >= 0.6 is 34.0 Å². The van der Waals surface area contributed by atoms with E-state index in [1.165, 1.54) is 235 Å². The average molecular weight is 2010 g/mol. The average Bonchev–Trinajstić information content (AvgIpc) is 1.57. The van der Waals surface area contributed by atoms with Gasteiger partial charge in [0, 0.05) is 0 Å². The third-order valence-corrected chi connectivity index (χ3v) is 38.2. The van der Waals surface area contributed by atoms with Crippen molar-refractivity contribution >= 4 is 313 Å². The number of para-hydroxylation sites is 6. The molecular weight excluding hydrogens is 1930 g/mol. The molecule has 30 rings (SSSR count). The van der Waals surface area contributed by atoms with Crippen molar-refractivity contribution < 1.29 is 0 Å². The topological polar surface area (TPSA) is 24.5 Å². The van der Waals surface area contributed by atoms with Crippen LogP contribution in [0.5, 0.6) is 0 Å². The molecular formula is C126H78N6S3Se3. The van der Waals surface area contributed by atoms with Crippen molar-refractivity contribution in [1.29, 1.82) is 0 Å². The number of fused-ring (bicyclic) bond motifs is 27. The fraction of sp³-hybridized carbons (Fsp3) is 0. The molecule has 648 valence electrons. The molecule has 12 heteroatoms. The second-order valence-electron chi connectivity index (χ2n) is 35.3. The first-order valence-electron chi connectivity index (χ1n) is 46.6. The Balaban J connectivity index is 0.000000102. The molecule has 0 aliphatic rings. The van der Waals surface area contributed by atoms with Gasteiger partial charge in [0.15, 0.2) is 0 Å². The van der Waals surface area contributed by atoms with Gasteiger partial charge in [-0.1, -0.05) is 54.6 Å². The van der Waals surface area contributed by atoms with Gasteiger partial charge in [-0.05, 0) is 0 Å². The van der Waals surface area contributed by atoms with Crippen LogP contribution in [0.1, 0.15) is 0 Å². The Hall–Kier alpha value is -15.4. The van der Waals surface area contributed by atoms with Crippen LogP contribution in [0.25, 0.3) is 201 Å². The van der Waals surface area contributed by atoms with Crippen molar-refractivity contribution in [3.63, 3.8) is 0 Å². The SMILES string of the molecule is c1ccc(-n2c3ccccc3c3cc(N(c4ccc5[se]c6ccccc6c5c4)c4cccc5c4sc4ccccc45)ccc32)cc1.c1ccc(-n2c3ccccc3c3cc(N(c4ccc5c(c4)sc4ccccc45)c4ccc5[se]c6ccccc6c5c4)ccc32)cc1.c1ccc(-n2c3ccccc3c3cc(N(c4ccc5sc6ccccc6c5c4)c4ccc5[se]c6ccccc6c5c4)ccc32)cc1. The van der Waals surface area contributed by atoms with Crippen LogP contribution < -0.4 is 14.7 Å². The van der Waals surface area contributed by atoms with Gasteiger partial charge in [0.05, 0.1) is 0 Å². The summed E-state index contributed by atoms with van der Waals surface area (Å²) in [6, 6.07) is 174. The van der Waals surface area contributed by atoms with Crippen LogP contribution in [-0.2, 0) is 0 Å². The van der Waals surface area contributed by atoms with Gasteiger partial charge >= 0.3 is 777 Å². The molecule has 9 heterocycles. The summed E-state index contributed by atoms with van der Waals surface area (Å²) in [5, 5.41) is 23.6. The van der Waals surface area contributed by atoms with Gasteiger partial charge in [-0.3, -0.25) is 0 Å². The first-order valence-corrected chi connectivity index (χ1v) is 54.1. The van der Waals surface area contributed by atoms with Crippen molar-refractivity contribution in [2.75, 3.05) is 14.7 Å². The maximum absolute atomic E-state index is 2.49. The van der Waals surface area contributed by atoms with E-state index in [0.29, 0.717) is 43.5 Å². The summed E-state index contributed by atoms with van der Waals surface area (Å²) in [6.45, 7) is 0. The van der Waals surface area contributed by atoms with E-state index >= 15 is 0 Å². The Bertz CT molecular complexity index is 9990. The standard InChI is InChI=1S/3C42H26N2SSe/c1-2-11-27(12-3-1)44-36-17-7-4-13-30(36)34-25-28(21-23-37(34)44)43(29-22-24-41-35(26-29)32-15-6-9-20-40(32)46-41)38-18-10-16-33-31-14-5-8-19-39(31)45-42(33)38;1-2-10-27(11-3-1)44-37-15-7-4-12-31(37)35-24-28(19-22-38(35)44)43(29-20-23-42-36(25-29)34-14-6-9-17-41(34)46-42)30-18-21-33-32-13-5-8-16-39(32)45-40(33)26-30;1-2-10-27(11-3-1)44-37-15-7-4-12-31(37)34-24-28(18-21-38(34)44)43(29-19-22-40-35(25-29)32-13-5-8-16-39(32)45-40)30-20-23-42-36(26-30)33-14-6-9-17-41(33)46-42/h3*1-26H. The smallest absolute Gasteiger partial charge is 0.0602 e. The molecule has 9 aromatic heterocycles. The molecule has 0 unspecified atom stereocenters. The molecule has 0 fully saturated rings. The summed E-state index contributed by atoms with van der Waals surface area (Å²) < 4.78 is 23.8. The van der Waals surface area contributed by atoms with E-state index in [0.717, 1.165) is 17.1 Å². The summed E-state index contributed by atoms with van der Waals surface area (Å²) in [7, 11) is 0. The van der Waals surface area contributed by atoms with Crippen LogP contribution in [0.4, 0.5) is 51.2 Å². The molecule has 0 aliphatic carbocycles. The summed E-state index contributed by atoms with van der Waals surface area (Å²) in [4.78, 5) is 7.39. The number of benzene rings is 21. The van der Waals surface area contributed by atoms with Crippen LogP contribution in [0, 0.1) is 0 Å². The molecule has 0 atom stereocenters. The van der Waals surface area contributed by atoms with Crippen LogP contribution in [0.15, 0.2) is 473 Å². The normalized spacial score (nSPS) is 11.9. The van der Waals surface area contributed by atoms with Gasteiger partial charge < -0.3 is 0 Å². The third-order valence-electron chi connectivity index (χ3n) is 27.5. The predicted octanol–water partition coefficient (Wildman–Crippen LogP) is 36.0. The van der Waals surface area contributed by atoms with Gasteiger partial charge in [0.1, 0.15) is 0 Å². The molecule has 0 amide bonds. The summed E-state index contributed by atoms with van der Waals surface area (Å²) in [5.41, 5.74) is 21.3. The van der Waals surface area contributed by atoms with Gasteiger partial charge in [-0.25, -0.2) is 0 Å². The molecule has 21 aromatic carbocycles. The molecule has 0 saturated heterocycles. The van der Waals surface area contributed by atoms with Crippen molar-refractivity contribution in [2.24, 2.45) is 0 Å². The van der Waals surface area contributed by atoms with E-state index in [-0.39, 0.29) is 0 Å². The second kappa shape index (κ2) is 33.3. The molecule has 138 heavy (non-hydrogen) atoms. The van der Waals surface area contributed by atoms with Crippen molar-refractivity contribution in [1.82, 2.24) is 13.7 Å². The van der Waals surface area contributed by atoms with Crippen molar-refractivity contribution in [2.45, 2.75) is 0 Å². The Labute approximate surface area is 823 Å². The Morgan fingerprint density at radius 1 is 0.152 bits per heavy atom. The number of nitrogens with zero attached hydrogens (tertiary/aromatic N) is 6. The summed E-state index contributed by atoms with van der Waals surface area (Å²) in [5.74, 6) is 0. The van der Waals surface area contributed by atoms with Gasteiger partial charge in [-0.2, -0.15) is 0 Å². The Kier molecular flexibility index (Phi) is 19.5. The minimum atomic E-state index is 0.332. The van der Waals surface area contributed by atoms with Gasteiger partial charge in [0.25, 0.3) is 0 Å². The van der Waals surface area contributed by atoms with E-state index in [1.807, 2.05) is 34.0 Å². The first-order chi connectivity index (χ1) is 68.4. The van der Waals surface area contributed by atoms with E-state index in [4.69, 9.17) is 0 Å². The zero-order valence-corrected chi connectivity index (χ0v) is 81.8. The molecule has 0 saturated carbocycles. The summed E-state index contributed by atoms with van der Waals surface area (Å²) >= 11 is 6.63. The molecule has 0 spiro atoms. The molecule has 0 bridgehead atoms. The minimum absolute atomic E-state index is 0.332. The number of anilines is 9. The Morgan fingerprint density at radius 3 is 0.848 bits per heavy atom. The van der Waals surface area contributed by atoms with E-state index in [1.54, 1.807) is 0 Å². The monoisotopic (exact) mass is 2010 g/mol. The summed E-state index contributed by atoms with van der Waals surface area (Å²) in [6.07, 6.45) is 0. The number of aromatic nitrogens is 3. The molecule has 0 N–H and O–H groups in total. The molecule has 6 nitrogen and oxygen atoms in total. The zero-order chi connectivity index (χ0) is 90.6. The number of hydrogen-bond acceptors (Lipinski definition) is 6. The number of hydrogen-bond donors (Lipinski definition) is 0. The predicted molar refractivity (Wildman–Crippen MR) is 601 cm³/mol. The van der Waals surface area contributed by atoms with Crippen LogP contribution in [0.2, 0.25) is 0 Å². The van der Waals surface area contributed by atoms with Gasteiger partial charge in [-0.15, -0.1) is 0 Å². The minimum Gasteiger partial charge on any atom is -0.0602 e. The van der Waals surface area contributed by atoms with Crippen LogP contribution in [0.3, 0.4) is 0 Å². The quantitative estimate of drug-likeness (QED) is 0.114. The Morgan fingerprint density at radius 2 is 0.420 bits per heavy atom. The fourth-order valence-electron chi connectivity index (χ4n) is 21.4.